The third-order valence-corrected chi connectivity index (χ3v) is 2.00. The molecule has 0 saturated heterocycles. The number of carbonyl (C=O) groups is 2. The lowest BCUT2D eigenvalue weighted by molar-refractivity contribution is -0.134. The van der Waals surface area contributed by atoms with Gasteiger partial charge in [-0.1, -0.05) is 18.2 Å². The summed E-state index contributed by atoms with van der Waals surface area (Å²) in [6.07, 6.45) is 1.12. The quantitative estimate of drug-likeness (QED) is 0.705. The fourth-order valence-electron chi connectivity index (χ4n) is 1.24. The second kappa shape index (κ2) is 6.75. The van der Waals surface area contributed by atoms with Gasteiger partial charge in [0.1, 0.15) is 0 Å². The highest BCUT2D eigenvalue weighted by Gasteiger charge is 1.89. The molecule has 1 heterocycles. The molecule has 0 fully saturated rings. The highest BCUT2D eigenvalue weighted by atomic mass is 16.4. The Hall–Kier alpha value is -2.89. The van der Waals surface area contributed by atoms with Crippen LogP contribution >= 0.6 is 0 Å². The lowest BCUT2D eigenvalue weighted by Gasteiger charge is -1.93. The van der Waals surface area contributed by atoms with Gasteiger partial charge in [0.15, 0.2) is 0 Å². The SMILES string of the molecule is O=C(O)C=CC(=O)O.O=c1ccc2ccccc2[nH]1. The molecule has 1 aromatic carbocycles. The maximum Gasteiger partial charge on any atom is 0.328 e. The van der Waals surface area contributed by atoms with Gasteiger partial charge in [-0.15, -0.1) is 0 Å². The molecule has 0 aliphatic rings. The number of hydrogen-bond acceptors (Lipinski definition) is 3. The van der Waals surface area contributed by atoms with Gasteiger partial charge in [0, 0.05) is 23.7 Å². The van der Waals surface area contributed by atoms with Crippen molar-refractivity contribution in [2.45, 2.75) is 0 Å². The fourth-order valence-corrected chi connectivity index (χ4v) is 1.24. The number of aliphatic carboxylic acids is 2. The minimum atomic E-state index is -1.26. The second-order valence-electron chi connectivity index (χ2n) is 3.42. The van der Waals surface area contributed by atoms with Gasteiger partial charge < -0.3 is 15.2 Å². The summed E-state index contributed by atoms with van der Waals surface area (Å²) in [4.78, 5) is 32.7. The molecule has 98 valence electrons. The highest BCUT2D eigenvalue weighted by molar-refractivity contribution is 5.89. The number of rotatable bonds is 2. The van der Waals surface area contributed by atoms with Crippen molar-refractivity contribution in [2.24, 2.45) is 0 Å². The van der Waals surface area contributed by atoms with E-state index in [1.807, 2.05) is 30.3 Å². The van der Waals surface area contributed by atoms with Crippen molar-refractivity contribution in [1.82, 2.24) is 4.98 Å². The zero-order chi connectivity index (χ0) is 14.3. The Balaban J connectivity index is 0.000000203. The Labute approximate surface area is 107 Å². The molecule has 1 aromatic heterocycles. The Morgan fingerprint density at radius 3 is 2.11 bits per heavy atom. The number of carboxylic acid groups (broad SMARTS) is 2. The lowest BCUT2D eigenvalue weighted by Crippen LogP contribution is -2.01. The molecule has 0 aliphatic heterocycles. The van der Waals surface area contributed by atoms with E-state index in [9.17, 15) is 14.4 Å². The number of aromatic nitrogens is 1. The number of para-hydroxylation sites is 1. The van der Waals surface area contributed by atoms with Crippen molar-refractivity contribution in [3.8, 4) is 0 Å². The first-order valence-corrected chi connectivity index (χ1v) is 5.21. The van der Waals surface area contributed by atoms with Crippen LogP contribution in [0.4, 0.5) is 0 Å². The summed E-state index contributed by atoms with van der Waals surface area (Å²) in [6.45, 7) is 0. The van der Waals surface area contributed by atoms with Crippen molar-refractivity contribution in [1.29, 1.82) is 0 Å². The van der Waals surface area contributed by atoms with Crippen molar-refractivity contribution >= 4 is 22.8 Å². The molecule has 2 aromatic rings. The smallest absolute Gasteiger partial charge is 0.328 e. The third kappa shape index (κ3) is 5.31. The van der Waals surface area contributed by atoms with Gasteiger partial charge >= 0.3 is 11.9 Å². The van der Waals surface area contributed by atoms with Crippen LogP contribution in [0.3, 0.4) is 0 Å². The molecule has 0 unspecified atom stereocenters. The fraction of sp³-hybridized carbons (Fsp3) is 0. The Bertz CT molecular complexity index is 656. The molecular weight excluding hydrogens is 250 g/mol. The van der Waals surface area contributed by atoms with Crippen molar-refractivity contribution in [2.75, 3.05) is 0 Å². The molecular formula is C13H11NO5. The van der Waals surface area contributed by atoms with Gasteiger partial charge in [-0.2, -0.15) is 0 Å². The molecule has 0 radical (unpaired) electrons. The number of nitrogens with one attached hydrogen (secondary N) is 1. The van der Waals surface area contributed by atoms with Crippen LogP contribution in [-0.2, 0) is 9.59 Å². The summed E-state index contributed by atoms with van der Waals surface area (Å²) in [5.41, 5.74) is 0.837. The van der Waals surface area contributed by atoms with Crippen molar-refractivity contribution < 1.29 is 19.8 Å². The third-order valence-electron chi connectivity index (χ3n) is 2.00. The van der Waals surface area contributed by atoms with E-state index in [0.29, 0.717) is 12.2 Å². The van der Waals surface area contributed by atoms with Crippen LogP contribution in [-0.4, -0.2) is 27.1 Å². The van der Waals surface area contributed by atoms with E-state index in [1.165, 1.54) is 6.07 Å². The predicted molar refractivity (Wildman–Crippen MR) is 69.0 cm³/mol. The summed E-state index contributed by atoms with van der Waals surface area (Å²) in [5, 5.41) is 16.7. The molecule has 0 amide bonds. The average Bonchev–Trinajstić information content (AvgIpc) is 2.37. The Kier molecular flexibility index (Phi) is 5.04. The number of carboxylic acids is 2. The Morgan fingerprint density at radius 1 is 0.947 bits per heavy atom. The predicted octanol–water partition coefficient (Wildman–Crippen LogP) is 1.24. The van der Waals surface area contributed by atoms with Crippen LogP contribution in [0.2, 0.25) is 0 Å². The number of aromatic amines is 1. The number of pyridine rings is 1. The first-order chi connectivity index (χ1) is 8.99. The van der Waals surface area contributed by atoms with Crippen LogP contribution in [0.15, 0.2) is 53.3 Å². The monoisotopic (exact) mass is 261 g/mol. The number of fused-ring (bicyclic) bond motifs is 1. The minimum absolute atomic E-state index is 0.0521. The maximum atomic E-state index is 10.8. The van der Waals surface area contributed by atoms with Gasteiger partial charge in [0.25, 0.3) is 0 Å². The maximum absolute atomic E-state index is 10.8. The summed E-state index contributed by atoms with van der Waals surface area (Å²) < 4.78 is 0. The standard InChI is InChI=1S/C9H7NO.C4H4O4/c11-9-6-5-7-3-1-2-4-8(7)10-9;5-3(6)1-2-4(7)8/h1-6H,(H,10,11);1-2H,(H,5,6)(H,7,8). The topological polar surface area (TPSA) is 107 Å². The number of benzene rings is 1. The summed E-state index contributed by atoms with van der Waals surface area (Å²) in [5.74, 6) is -2.51. The van der Waals surface area contributed by atoms with Gasteiger partial charge in [0.05, 0.1) is 0 Å². The van der Waals surface area contributed by atoms with E-state index in [1.54, 1.807) is 0 Å². The van der Waals surface area contributed by atoms with E-state index >= 15 is 0 Å². The van der Waals surface area contributed by atoms with Gasteiger partial charge in [0.2, 0.25) is 5.56 Å². The van der Waals surface area contributed by atoms with Gasteiger partial charge in [-0.3, -0.25) is 4.79 Å². The largest absolute Gasteiger partial charge is 0.478 e. The van der Waals surface area contributed by atoms with E-state index in [0.717, 1.165) is 10.9 Å². The van der Waals surface area contributed by atoms with E-state index < -0.39 is 11.9 Å². The summed E-state index contributed by atoms with van der Waals surface area (Å²) in [6, 6.07) is 11.0. The summed E-state index contributed by atoms with van der Waals surface area (Å²) >= 11 is 0. The zero-order valence-corrected chi connectivity index (χ0v) is 9.74. The van der Waals surface area contributed by atoms with E-state index in [2.05, 4.69) is 4.98 Å². The van der Waals surface area contributed by atoms with Crippen LogP contribution in [0.5, 0.6) is 0 Å². The molecule has 0 aliphatic carbocycles. The molecule has 6 heteroatoms. The molecule has 0 atom stereocenters. The van der Waals surface area contributed by atoms with Crippen LogP contribution in [0, 0.1) is 0 Å². The first-order valence-electron chi connectivity index (χ1n) is 5.21. The lowest BCUT2D eigenvalue weighted by atomic mass is 10.2. The second-order valence-corrected chi connectivity index (χ2v) is 3.42. The molecule has 19 heavy (non-hydrogen) atoms. The Morgan fingerprint density at radius 2 is 1.53 bits per heavy atom. The van der Waals surface area contributed by atoms with Crippen molar-refractivity contribution in [3.63, 3.8) is 0 Å². The average molecular weight is 261 g/mol. The van der Waals surface area contributed by atoms with E-state index in [4.69, 9.17) is 10.2 Å². The van der Waals surface area contributed by atoms with Gasteiger partial charge in [-0.25, -0.2) is 9.59 Å². The van der Waals surface area contributed by atoms with Crippen LogP contribution < -0.4 is 5.56 Å². The molecule has 3 N–H and O–H groups in total. The normalized spacial score (nSPS) is 9.89. The molecule has 6 nitrogen and oxygen atoms in total. The zero-order valence-electron chi connectivity index (χ0n) is 9.74. The highest BCUT2D eigenvalue weighted by Crippen LogP contribution is 2.06. The molecule has 0 saturated carbocycles. The van der Waals surface area contributed by atoms with Crippen molar-refractivity contribution in [3.05, 3.63) is 58.9 Å². The van der Waals surface area contributed by atoms with Crippen LogP contribution in [0.1, 0.15) is 0 Å². The number of hydrogen-bond donors (Lipinski definition) is 3. The van der Waals surface area contributed by atoms with E-state index in [-0.39, 0.29) is 5.56 Å². The minimum Gasteiger partial charge on any atom is -0.478 e. The first kappa shape index (κ1) is 14.2. The molecule has 0 spiro atoms. The number of H-pyrrole nitrogens is 1. The summed E-state index contributed by atoms with van der Waals surface area (Å²) in [7, 11) is 0. The molecule has 0 bridgehead atoms. The molecule has 2 rings (SSSR count). The van der Waals surface area contributed by atoms with Gasteiger partial charge in [-0.05, 0) is 17.5 Å². The van der Waals surface area contributed by atoms with Crippen LogP contribution in [0.25, 0.3) is 10.9 Å².